The van der Waals surface area contributed by atoms with Gasteiger partial charge in [-0.2, -0.15) is 4.98 Å². The summed E-state index contributed by atoms with van der Waals surface area (Å²) in [6.45, 7) is 0.482. The van der Waals surface area contributed by atoms with Crippen LogP contribution in [-0.2, 0) is 6.61 Å². The molecule has 4 aromatic rings. The van der Waals surface area contributed by atoms with Crippen LogP contribution in [0.5, 0.6) is 5.88 Å². The Hall–Kier alpha value is -2.92. The number of rotatable bonds is 4. The Balaban J connectivity index is 1.71. The number of hydrogen-bond acceptors (Lipinski definition) is 3. The molecule has 4 rings (SSSR count). The summed E-state index contributed by atoms with van der Waals surface area (Å²) in [4.78, 5) is 7.82. The first kappa shape index (κ1) is 14.7. The van der Waals surface area contributed by atoms with Gasteiger partial charge in [-0.25, -0.2) is 0 Å². The van der Waals surface area contributed by atoms with Gasteiger partial charge in [0.05, 0.1) is 5.52 Å². The Morgan fingerprint density at radius 3 is 2.38 bits per heavy atom. The van der Waals surface area contributed by atoms with E-state index in [2.05, 4.69) is 9.97 Å². The van der Waals surface area contributed by atoms with Gasteiger partial charge in [-0.05, 0) is 36.0 Å². The van der Waals surface area contributed by atoms with Crippen LogP contribution in [0.15, 0.2) is 72.8 Å². The van der Waals surface area contributed by atoms with Crippen molar-refractivity contribution in [1.82, 2.24) is 14.5 Å². The molecular formula is C19H15N3OS. The summed E-state index contributed by atoms with van der Waals surface area (Å²) in [5.74, 6) is 0.574. The molecule has 0 aliphatic carbocycles. The molecular weight excluding hydrogens is 318 g/mol. The molecule has 0 atom stereocenters. The van der Waals surface area contributed by atoms with Crippen molar-refractivity contribution in [2.45, 2.75) is 6.61 Å². The summed E-state index contributed by atoms with van der Waals surface area (Å²) < 4.78 is 8.36. The van der Waals surface area contributed by atoms with E-state index < -0.39 is 0 Å². The SMILES string of the molecule is S=c1[nH]c2ccc(OCc3ccccc3)nc2n1-c1ccccc1. The molecule has 1 N–H and O–H groups in total. The number of nitrogens with zero attached hydrogens (tertiary/aromatic N) is 2. The van der Waals surface area contributed by atoms with Gasteiger partial charge in [0.15, 0.2) is 10.4 Å². The number of aromatic amines is 1. The molecule has 0 unspecified atom stereocenters. The van der Waals surface area contributed by atoms with Crippen molar-refractivity contribution in [3.63, 3.8) is 0 Å². The monoisotopic (exact) mass is 333 g/mol. The van der Waals surface area contributed by atoms with Crippen molar-refractivity contribution in [2.75, 3.05) is 0 Å². The molecule has 0 saturated heterocycles. The van der Waals surface area contributed by atoms with Crippen molar-refractivity contribution in [2.24, 2.45) is 0 Å². The van der Waals surface area contributed by atoms with Crippen molar-refractivity contribution in [3.05, 3.63) is 83.1 Å². The lowest BCUT2D eigenvalue weighted by Gasteiger charge is -2.07. The topological polar surface area (TPSA) is 42.8 Å². The highest BCUT2D eigenvalue weighted by atomic mass is 32.1. The number of ether oxygens (including phenoxy) is 1. The predicted molar refractivity (Wildman–Crippen MR) is 97.0 cm³/mol. The van der Waals surface area contributed by atoms with Crippen LogP contribution in [0.25, 0.3) is 16.9 Å². The number of fused-ring (bicyclic) bond motifs is 1. The van der Waals surface area contributed by atoms with E-state index in [1.165, 1.54) is 0 Å². The molecule has 0 bridgehead atoms. The zero-order valence-electron chi connectivity index (χ0n) is 12.8. The van der Waals surface area contributed by atoms with Gasteiger partial charge >= 0.3 is 0 Å². The van der Waals surface area contributed by atoms with Crippen LogP contribution in [0.2, 0.25) is 0 Å². The Labute approximate surface area is 144 Å². The van der Waals surface area contributed by atoms with E-state index in [-0.39, 0.29) is 0 Å². The molecule has 0 radical (unpaired) electrons. The standard InChI is InChI=1S/C19H15N3OS/c24-19-20-16-11-12-17(23-13-14-7-3-1-4-8-14)21-18(16)22(19)15-9-5-2-6-10-15/h1-12H,13H2,(H,20,24). The van der Waals surface area contributed by atoms with Crippen LogP contribution >= 0.6 is 12.2 Å². The molecule has 2 aromatic carbocycles. The highest BCUT2D eigenvalue weighted by molar-refractivity contribution is 7.71. The van der Waals surface area contributed by atoms with Gasteiger partial charge in [0.1, 0.15) is 6.61 Å². The number of nitrogens with one attached hydrogen (secondary N) is 1. The molecule has 4 nitrogen and oxygen atoms in total. The van der Waals surface area contributed by atoms with Gasteiger partial charge in [-0.3, -0.25) is 4.57 Å². The minimum atomic E-state index is 0.482. The minimum absolute atomic E-state index is 0.482. The fourth-order valence-electron chi connectivity index (χ4n) is 2.59. The second-order valence-corrected chi connectivity index (χ2v) is 5.78. The average Bonchev–Trinajstić information content (AvgIpc) is 2.96. The molecule has 2 heterocycles. The second kappa shape index (κ2) is 6.29. The van der Waals surface area contributed by atoms with Gasteiger partial charge in [-0.1, -0.05) is 48.5 Å². The van der Waals surface area contributed by atoms with Crippen molar-refractivity contribution < 1.29 is 4.74 Å². The third-order valence-corrected chi connectivity index (χ3v) is 4.03. The summed E-state index contributed by atoms with van der Waals surface area (Å²) in [6, 6.07) is 23.8. The van der Waals surface area contributed by atoms with E-state index in [4.69, 9.17) is 17.0 Å². The number of pyridine rings is 1. The quantitative estimate of drug-likeness (QED) is 0.552. The fourth-order valence-corrected chi connectivity index (χ4v) is 2.90. The largest absolute Gasteiger partial charge is 0.473 e. The maximum absolute atomic E-state index is 5.83. The highest BCUT2D eigenvalue weighted by Gasteiger charge is 2.09. The number of benzene rings is 2. The van der Waals surface area contributed by atoms with Gasteiger partial charge in [0, 0.05) is 11.8 Å². The lowest BCUT2D eigenvalue weighted by atomic mass is 10.2. The normalized spacial score (nSPS) is 10.8. The number of hydrogen-bond donors (Lipinski definition) is 1. The number of H-pyrrole nitrogens is 1. The van der Waals surface area contributed by atoms with Crippen LogP contribution in [0.4, 0.5) is 0 Å². The number of aromatic nitrogens is 3. The first-order chi connectivity index (χ1) is 11.8. The number of para-hydroxylation sites is 1. The summed E-state index contributed by atoms with van der Waals surface area (Å²) >= 11 is 5.45. The van der Waals surface area contributed by atoms with Crippen molar-refractivity contribution in [1.29, 1.82) is 0 Å². The molecule has 0 aliphatic heterocycles. The van der Waals surface area contributed by atoms with Crippen LogP contribution in [0.3, 0.4) is 0 Å². The highest BCUT2D eigenvalue weighted by Crippen LogP contribution is 2.21. The third-order valence-electron chi connectivity index (χ3n) is 3.75. The van der Waals surface area contributed by atoms with Crippen LogP contribution in [0, 0.1) is 4.77 Å². The Morgan fingerprint density at radius 2 is 1.62 bits per heavy atom. The Morgan fingerprint density at radius 1 is 0.917 bits per heavy atom. The Kier molecular flexibility index (Phi) is 3.84. The van der Waals surface area contributed by atoms with E-state index in [1.54, 1.807) is 0 Å². The zero-order valence-corrected chi connectivity index (χ0v) is 13.7. The van der Waals surface area contributed by atoms with E-state index in [0.717, 1.165) is 22.4 Å². The number of imidazole rings is 1. The summed E-state index contributed by atoms with van der Waals surface area (Å²) in [5, 5.41) is 0. The minimum Gasteiger partial charge on any atom is -0.473 e. The summed E-state index contributed by atoms with van der Waals surface area (Å²) in [7, 11) is 0. The van der Waals surface area contributed by atoms with Gasteiger partial charge < -0.3 is 9.72 Å². The van der Waals surface area contributed by atoms with Gasteiger partial charge in [0.25, 0.3) is 0 Å². The molecule has 2 aromatic heterocycles. The van der Waals surface area contributed by atoms with E-state index in [0.29, 0.717) is 17.3 Å². The lowest BCUT2D eigenvalue weighted by molar-refractivity contribution is 0.295. The third kappa shape index (κ3) is 2.81. The zero-order chi connectivity index (χ0) is 16.4. The summed E-state index contributed by atoms with van der Waals surface area (Å²) in [5.41, 5.74) is 3.72. The molecule has 0 saturated carbocycles. The Bertz CT molecular complexity index is 1020. The van der Waals surface area contributed by atoms with Gasteiger partial charge in [0.2, 0.25) is 5.88 Å². The molecule has 0 aliphatic rings. The first-order valence-electron chi connectivity index (χ1n) is 7.65. The smallest absolute Gasteiger partial charge is 0.215 e. The molecule has 0 spiro atoms. The maximum atomic E-state index is 5.83. The molecule has 5 heteroatoms. The summed E-state index contributed by atoms with van der Waals surface area (Å²) in [6.07, 6.45) is 0. The molecule has 24 heavy (non-hydrogen) atoms. The molecule has 0 amide bonds. The predicted octanol–water partition coefficient (Wildman–Crippen LogP) is 4.66. The fraction of sp³-hybridized carbons (Fsp3) is 0.0526. The second-order valence-electron chi connectivity index (χ2n) is 5.40. The van der Waals surface area contributed by atoms with Crippen molar-refractivity contribution >= 4 is 23.4 Å². The average molecular weight is 333 g/mol. The van der Waals surface area contributed by atoms with E-state index >= 15 is 0 Å². The van der Waals surface area contributed by atoms with Gasteiger partial charge in [-0.15, -0.1) is 0 Å². The van der Waals surface area contributed by atoms with Crippen molar-refractivity contribution in [3.8, 4) is 11.6 Å². The lowest BCUT2D eigenvalue weighted by Crippen LogP contribution is -1.99. The van der Waals surface area contributed by atoms with E-state index in [9.17, 15) is 0 Å². The molecule has 0 fully saturated rings. The molecule has 118 valence electrons. The van der Waals surface area contributed by atoms with E-state index in [1.807, 2.05) is 77.4 Å². The van der Waals surface area contributed by atoms with Crippen LogP contribution in [0.1, 0.15) is 5.56 Å². The van der Waals surface area contributed by atoms with Crippen LogP contribution < -0.4 is 4.74 Å². The maximum Gasteiger partial charge on any atom is 0.215 e. The van der Waals surface area contributed by atoms with Crippen LogP contribution in [-0.4, -0.2) is 14.5 Å². The first-order valence-corrected chi connectivity index (χ1v) is 8.06.